The van der Waals surface area contributed by atoms with E-state index < -0.39 is 48.5 Å². The summed E-state index contributed by atoms with van der Waals surface area (Å²) in [6.07, 6.45) is 5.00. The minimum atomic E-state index is -1.47. The van der Waals surface area contributed by atoms with Crippen LogP contribution < -0.4 is 21.3 Å². The number of aliphatic carboxylic acids is 3. The fraction of sp³-hybridized carbons (Fsp3) is 0.652. The van der Waals surface area contributed by atoms with Gasteiger partial charge in [-0.1, -0.05) is 6.08 Å². The molecule has 0 fully saturated rings. The third kappa shape index (κ3) is 12.8. The van der Waals surface area contributed by atoms with E-state index in [2.05, 4.69) is 26.3 Å². The Hall–Kier alpha value is -3.48. The van der Waals surface area contributed by atoms with E-state index in [0.717, 1.165) is 12.1 Å². The van der Waals surface area contributed by atoms with E-state index in [9.17, 15) is 29.1 Å². The molecule has 3 atom stereocenters. The number of carbonyl (C=O) groups is 5. The summed E-state index contributed by atoms with van der Waals surface area (Å²) in [7, 11) is 0. The summed E-state index contributed by atoms with van der Waals surface area (Å²) in [6, 6.07) is -4.25. The van der Waals surface area contributed by atoms with Gasteiger partial charge in [-0.25, -0.2) is 14.4 Å². The number of hydrogen-bond donors (Lipinski definition) is 7. The maximum absolute atomic E-state index is 12.7. The van der Waals surface area contributed by atoms with E-state index in [4.69, 9.17) is 10.2 Å². The molecule has 3 amide bonds. The lowest BCUT2D eigenvalue weighted by molar-refractivity contribution is -0.140. The number of allylic oxidation sites excluding steroid dienone is 1. The average Bonchev–Trinajstić information content (AvgIpc) is 3.26. The summed E-state index contributed by atoms with van der Waals surface area (Å²) >= 11 is 0. The van der Waals surface area contributed by atoms with Crippen LogP contribution in [0.25, 0.3) is 0 Å². The van der Waals surface area contributed by atoms with Crippen LogP contribution in [0.15, 0.2) is 16.8 Å². The second-order valence-corrected chi connectivity index (χ2v) is 9.51. The van der Waals surface area contributed by atoms with Crippen molar-refractivity contribution in [3.05, 3.63) is 11.8 Å². The molecule has 0 bridgehead atoms. The van der Waals surface area contributed by atoms with Crippen molar-refractivity contribution in [3.8, 4) is 0 Å². The molecule has 0 saturated carbocycles. The van der Waals surface area contributed by atoms with Crippen LogP contribution in [0.2, 0.25) is 0 Å². The highest BCUT2D eigenvalue weighted by Crippen LogP contribution is 2.15. The normalized spacial score (nSPS) is 15.4. The van der Waals surface area contributed by atoms with Crippen LogP contribution in [0, 0.1) is 0 Å². The number of carboxylic acid groups (broad SMARTS) is 3. The predicted molar refractivity (Wildman–Crippen MR) is 131 cm³/mol. The fourth-order valence-corrected chi connectivity index (χ4v) is 3.44. The summed E-state index contributed by atoms with van der Waals surface area (Å²) in [5.41, 5.74) is 0.549. The van der Waals surface area contributed by atoms with Crippen molar-refractivity contribution < 1.29 is 39.3 Å². The number of urea groups is 1. The molecular formula is C23H37N5O8. The van der Waals surface area contributed by atoms with Crippen LogP contribution in [0.4, 0.5) is 4.79 Å². The highest BCUT2D eigenvalue weighted by atomic mass is 16.4. The van der Waals surface area contributed by atoms with Gasteiger partial charge in [-0.15, -0.1) is 0 Å². The molecule has 0 spiro atoms. The molecule has 1 aliphatic rings. The molecule has 1 heterocycles. The first kappa shape index (κ1) is 30.6. The van der Waals surface area contributed by atoms with Gasteiger partial charge >= 0.3 is 23.9 Å². The first-order chi connectivity index (χ1) is 16.8. The lowest BCUT2D eigenvalue weighted by Gasteiger charge is -2.28. The minimum Gasteiger partial charge on any atom is -0.481 e. The second kappa shape index (κ2) is 14.8. The van der Waals surface area contributed by atoms with Crippen molar-refractivity contribution in [1.82, 2.24) is 21.3 Å². The molecule has 0 radical (unpaired) electrons. The van der Waals surface area contributed by atoms with Crippen molar-refractivity contribution in [2.24, 2.45) is 4.99 Å². The van der Waals surface area contributed by atoms with Gasteiger partial charge in [-0.3, -0.25) is 14.6 Å². The quantitative estimate of drug-likeness (QED) is 0.146. The smallest absolute Gasteiger partial charge is 0.326 e. The van der Waals surface area contributed by atoms with Crippen LogP contribution in [0.5, 0.6) is 0 Å². The molecule has 202 valence electrons. The maximum atomic E-state index is 12.7. The van der Waals surface area contributed by atoms with Gasteiger partial charge in [0.1, 0.15) is 12.1 Å². The Kier molecular flexibility index (Phi) is 12.6. The molecule has 3 unspecified atom stereocenters. The van der Waals surface area contributed by atoms with Gasteiger partial charge in [0.05, 0.1) is 6.04 Å². The molecule has 0 aromatic rings. The van der Waals surface area contributed by atoms with E-state index in [0.29, 0.717) is 25.8 Å². The molecule has 13 nitrogen and oxygen atoms in total. The Morgan fingerprint density at radius 3 is 2.06 bits per heavy atom. The largest absolute Gasteiger partial charge is 0.481 e. The van der Waals surface area contributed by atoms with Crippen molar-refractivity contribution in [1.29, 1.82) is 0 Å². The van der Waals surface area contributed by atoms with Gasteiger partial charge in [-0.2, -0.15) is 0 Å². The number of nitrogens with one attached hydrogen (secondary N) is 4. The van der Waals surface area contributed by atoms with Crippen LogP contribution in [0.3, 0.4) is 0 Å². The molecule has 0 aliphatic carbocycles. The van der Waals surface area contributed by atoms with Crippen LogP contribution in [-0.2, 0) is 19.2 Å². The number of nitrogens with zero attached hydrogens (tertiary/aromatic N) is 1. The van der Waals surface area contributed by atoms with Crippen LogP contribution >= 0.6 is 0 Å². The van der Waals surface area contributed by atoms with E-state index >= 15 is 0 Å². The number of unbranched alkanes of at least 4 members (excludes halogenated alkanes) is 1. The maximum Gasteiger partial charge on any atom is 0.326 e. The highest BCUT2D eigenvalue weighted by Gasteiger charge is 2.26. The van der Waals surface area contributed by atoms with Crippen LogP contribution in [-0.4, -0.2) is 81.6 Å². The Labute approximate surface area is 209 Å². The molecular weight excluding hydrogens is 474 g/mol. The van der Waals surface area contributed by atoms with Gasteiger partial charge in [0.15, 0.2) is 0 Å². The van der Waals surface area contributed by atoms with E-state index in [1.165, 1.54) is 0 Å². The number of carbonyl (C=O) groups excluding carboxylic acids is 2. The molecule has 0 saturated heterocycles. The van der Waals surface area contributed by atoms with Gasteiger partial charge in [0, 0.05) is 43.3 Å². The molecule has 13 heteroatoms. The zero-order chi connectivity index (χ0) is 27.3. The predicted octanol–water partition coefficient (Wildman–Crippen LogP) is 0.849. The zero-order valence-electron chi connectivity index (χ0n) is 20.9. The van der Waals surface area contributed by atoms with Crippen molar-refractivity contribution in [2.75, 3.05) is 6.54 Å². The zero-order valence-corrected chi connectivity index (χ0v) is 20.9. The summed E-state index contributed by atoms with van der Waals surface area (Å²) in [5, 5.41) is 37.6. The van der Waals surface area contributed by atoms with Gasteiger partial charge in [0.2, 0.25) is 5.91 Å². The topological polar surface area (TPSA) is 207 Å². The van der Waals surface area contributed by atoms with Crippen LogP contribution in [0.1, 0.15) is 65.7 Å². The summed E-state index contributed by atoms with van der Waals surface area (Å²) in [6.45, 7) is 6.18. The van der Waals surface area contributed by atoms with Crippen molar-refractivity contribution >= 4 is 36.1 Å². The second-order valence-electron chi connectivity index (χ2n) is 9.51. The van der Waals surface area contributed by atoms with Crippen molar-refractivity contribution in [2.45, 2.75) is 89.4 Å². The third-order valence-corrected chi connectivity index (χ3v) is 5.13. The average molecular weight is 512 g/mol. The fourth-order valence-electron chi connectivity index (χ4n) is 3.44. The lowest BCUT2D eigenvalue weighted by atomic mass is 10.0. The molecule has 1 rings (SSSR count). The molecule has 7 N–H and O–H groups in total. The Balaban J connectivity index is 2.49. The summed E-state index contributed by atoms with van der Waals surface area (Å²) in [5.74, 6) is -4.14. The Morgan fingerprint density at radius 1 is 0.944 bits per heavy atom. The third-order valence-electron chi connectivity index (χ3n) is 5.13. The van der Waals surface area contributed by atoms with Crippen molar-refractivity contribution in [3.63, 3.8) is 0 Å². The van der Waals surface area contributed by atoms with E-state index in [1.54, 1.807) is 6.21 Å². The first-order valence-electron chi connectivity index (χ1n) is 11.8. The van der Waals surface area contributed by atoms with Gasteiger partial charge < -0.3 is 36.6 Å². The highest BCUT2D eigenvalue weighted by molar-refractivity contribution is 5.86. The van der Waals surface area contributed by atoms with Gasteiger partial charge in [-0.05, 0) is 46.5 Å². The number of amides is 3. The summed E-state index contributed by atoms with van der Waals surface area (Å²) in [4.78, 5) is 62.3. The molecule has 0 aromatic heterocycles. The first-order valence-corrected chi connectivity index (χ1v) is 11.8. The number of hydrogen-bond acceptors (Lipinski definition) is 7. The minimum absolute atomic E-state index is 0.0523. The monoisotopic (exact) mass is 511 g/mol. The SMILES string of the molecule is CC(C)(C)NC(CC1=CCC=N1)C(=O)NCCCCC(NC(=O)NC(CCC(=O)O)C(=O)O)C(=O)O. The Bertz CT molecular complexity index is 865. The molecule has 36 heavy (non-hydrogen) atoms. The molecule has 1 aliphatic heterocycles. The molecule has 0 aromatic carbocycles. The number of aliphatic imine (C=N–C) groups is 1. The van der Waals surface area contributed by atoms with E-state index in [1.807, 2.05) is 26.8 Å². The lowest BCUT2D eigenvalue weighted by Crippen LogP contribution is -2.52. The van der Waals surface area contributed by atoms with E-state index in [-0.39, 0.29) is 24.3 Å². The Morgan fingerprint density at radius 2 is 1.56 bits per heavy atom. The standard InChI is InChI=1S/C23H37N5O8/c1-23(2,3)28-17(13-14-7-6-12-24-14)19(31)25-11-5-4-8-15(20(32)33)26-22(36)27-16(21(34)35)9-10-18(29)30/h7,12,15-17,28H,4-6,8-11,13H2,1-3H3,(H,25,31)(H,29,30)(H,32,33)(H,34,35)(H2,26,27,36). The summed E-state index contributed by atoms with van der Waals surface area (Å²) < 4.78 is 0. The number of rotatable bonds is 16. The van der Waals surface area contributed by atoms with Gasteiger partial charge in [0.25, 0.3) is 0 Å². The number of carboxylic acids is 3.